The summed E-state index contributed by atoms with van der Waals surface area (Å²) < 4.78 is 16.4. The Hall–Kier alpha value is -4.16. The fourth-order valence-electron chi connectivity index (χ4n) is 4.58. The summed E-state index contributed by atoms with van der Waals surface area (Å²) in [5.74, 6) is -0.166. The number of allylic oxidation sites excluding steroid dienone is 3. The number of carbonyl (C=O) groups excluding carboxylic acids is 2. The van der Waals surface area contributed by atoms with Crippen LogP contribution >= 0.6 is 11.6 Å². The average molecular weight is 509 g/mol. The van der Waals surface area contributed by atoms with Crippen molar-refractivity contribution < 1.29 is 23.8 Å². The summed E-state index contributed by atoms with van der Waals surface area (Å²) in [6, 6.07) is 11.9. The fourth-order valence-corrected chi connectivity index (χ4v) is 4.71. The quantitative estimate of drug-likeness (QED) is 0.603. The van der Waals surface area contributed by atoms with Crippen LogP contribution < -0.4 is 25.4 Å². The van der Waals surface area contributed by atoms with Crippen molar-refractivity contribution in [1.82, 2.24) is 10.4 Å². The summed E-state index contributed by atoms with van der Waals surface area (Å²) in [6.07, 6.45) is 1.39. The van der Waals surface area contributed by atoms with E-state index in [1.54, 1.807) is 36.4 Å². The van der Waals surface area contributed by atoms with Crippen LogP contribution in [0.3, 0.4) is 0 Å². The predicted octanol–water partition coefficient (Wildman–Crippen LogP) is 3.81. The van der Waals surface area contributed by atoms with Crippen molar-refractivity contribution in [2.24, 2.45) is 5.73 Å². The first-order chi connectivity index (χ1) is 17.3. The zero-order chi connectivity index (χ0) is 26.0. The molecule has 0 radical (unpaired) electrons. The van der Waals surface area contributed by atoms with Crippen LogP contribution in [0, 0.1) is 11.3 Å². The molecule has 186 valence electrons. The van der Waals surface area contributed by atoms with Crippen molar-refractivity contribution in [1.29, 1.82) is 5.26 Å². The number of ketones is 1. The van der Waals surface area contributed by atoms with Crippen molar-refractivity contribution in [2.45, 2.75) is 25.2 Å². The highest BCUT2D eigenvalue weighted by molar-refractivity contribution is 6.30. The van der Waals surface area contributed by atoms with Crippen LogP contribution in [0.5, 0.6) is 17.2 Å². The van der Waals surface area contributed by atoms with Gasteiger partial charge >= 0.3 is 0 Å². The van der Waals surface area contributed by atoms with Crippen LogP contribution in [-0.4, -0.2) is 38.0 Å². The van der Waals surface area contributed by atoms with E-state index in [1.165, 1.54) is 26.3 Å². The van der Waals surface area contributed by atoms with E-state index in [-0.39, 0.29) is 17.2 Å². The lowest BCUT2D eigenvalue weighted by atomic mass is 9.76. The number of nitrogens with one attached hydrogen (secondary N) is 1. The molecule has 1 aliphatic heterocycles. The van der Waals surface area contributed by atoms with Gasteiger partial charge in [0.25, 0.3) is 5.91 Å². The number of methoxy groups -OCH3 is 3. The van der Waals surface area contributed by atoms with Gasteiger partial charge in [0.2, 0.25) is 5.75 Å². The first-order valence-electron chi connectivity index (χ1n) is 11.2. The molecule has 1 atom stereocenters. The molecule has 0 aromatic heterocycles. The highest BCUT2D eigenvalue weighted by atomic mass is 35.5. The van der Waals surface area contributed by atoms with E-state index in [0.717, 1.165) is 0 Å². The maximum absolute atomic E-state index is 13.3. The van der Waals surface area contributed by atoms with Gasteiger partial charge in [0.1, 0.15) is 5.82 Å². The Morgan fingerprint density at radius 2 is 1.75 bits per heavy atom. The second-order valence-corrected chi connectivity index (χ2v) is 8.66. The van der Waals surface area contributed by atoms with Gasteiger partial charge in [-0.05, 0) is 54.8 Å². The SMILES string of the molecule is COc1cc(C2C(C#N)=C(N)N(NC(=O)c3ccc(Cl)cc3)C3=C2C(=O)CCC3)cc(OC)c1OC. The smallest absolute Gasteiger partial charge is 0.270 e. The van der Waals surface area contributed by atoms with E-state index in [4.69, 9.17) is 31.5 Å². The van der Waals surface area contributed by atoms with E-state index >= 15 is 0 Å². The van der Waals surface area contributed by atoms with Gasteiger partial charge in [0.15, 0.2) is 17.3 Å². The highest BCUT2D eigenvalue weighted by Crippen LogP contribution is 2.48. The van der Waals surface area contributed by atoms with Gasteiger partial charge in [-0.2, -0.15) is 5.26 Å². The highest BCUT2D eigenvalue weighted by Gasteiger charge is 2.41. The molecule has 9 nitrogen and oxygen atoms in total. The summed E-state index contributed by atoms with van der Waals surface area (Å²) in [5.41, 5.74) is 11.2. The molecular weight excluding hydrogens is 484 g/mol. The number of nitrogens with zero attached hydrogens (tertiary/aromatic N) is 2. The number of carbonyl (C=O) groups is 2. The summed E-state index contributed by atoms with van der Waals surface area (Å²) in [5, 5.41) is 12.0. The maximum Gasteiger partial charge on any atom is 0.270 e. The van der Waals surface area contributed by atoms with Gasteiger partial charge in [-0.3, -0.25) is 15.0 Å². The number of amides is 1. The van der Waals surface area contributed by atoms with E-state index in [0.29, 0.717) is 63.9 Å². The number of hydrogen-bond acceptors (Lipinski definition) is 8. The summed E-state index contributed by atoms with van der Waals surface area (Å²) >= 11 is 5.94. The summed E-state index contributed by atoms with van der Waals surface area (Å²) in [4.78, 5) is 26.3. The number of rotatable bonds is 6. The Morgan fingerprint density at radius 3 is 2.31 bits per heavy atom. The second kappa shape index (κ2) is 10.2. The van der Waals surface area contributed by atoms with Crippen molar-refractivity contribution in [2.75, 3.05) is 21.3 Å². The number of hydrazine groups is 1. The zero-order valence-corrected chi connectivity index (χ0v) is 20.8. The van der Waals surface area contributed by atoms with E-state index < -0.39 is 11.8 Å². The van der Waals surface area contributed by atoms with E-state index in [2.05, 4.69) is 11.5 Å². The largest absolute Gasteiger partial charge is 0.493 e. The lowest BCUT2D eigenvalue weighted by Gasteiger charge is -2.39. The molecule has 0 saturated carbocycles. The standard InChI is InChI=1S/C26H25ClN4O5/c1-34-20-11-15(12-21(35-2)24(20)36-3)22-17(13-28)25(29)31(18-5-4-6-19(32)23(18)22)30-26(33)14-7-9-16(27)10-8-14/h7-12,22H,4-6,29H2,1-3H3,(H,30,33). The Kier molecular flexibility index (Phi) is 7.08. The summed E-state index contributed by atoms with van der Waals surface area (Å²) in [7, 11) is 4.47. The third kappa shape index (κ3) is 4.32. The molecular formula is C26H25ClN4O5. The predicted molar refractivity (Wildman–Crippen MR) is 132 cm³/mol. The normalized spacial score (nSPS) is 17.4. The molecule has 0 saturated heterocycles. The number of nitriles is 1. The van der Waals surface area contributed by atoms with Crippen LogP contribution in [-0.2, 0) is 4.79 Å². The van der Waals surface area contributed by atoms with Crippen LogP contribution in [0.15, 0.2) is 59.1 Å². The van der Waals surface area contributed by atoms with Crippen LogP contribution in [0.1, 0.15) is 41.1 Å². The Bertz CT molecular complexity index is 1300. The van der Waals surface area contributed by atoms with Crippen LogP contribution in [0.25, 0.3) is 0 Å². The van der Waals surface area contributed by atoms with Crippen molar-refractivity contribution in [3.05, 3.63) is 75.2 Å². The molecule has 0 spiro atoms. The molecule has 0 bridgehead atoms. The number of hydrogen-bond donors (Lipinski definition) is 2. The zero-order valence-electron chi connectivity index (χ0n) is 20.1. The van der Waals surface area contributed by atoms with Crippen molar-refractivity contribution in [3.63, 3.8) is 0 Å². The van der Waals surface area contributed by atoms with E-state index in [1.807, 2.05) is 0 Å². The third-order valence-corrected chi connectivity index (χ3v) is 6.51. The van der Waals surface area contributed by atoms with E-state index in [9.17, 15) is 14.9 Å². The lowest BCUT2D eigenvalue weighted by Crippen LogP contribution is -2.48. The number of ether oxygens (including phenoxy) is 3. The van der Waals surface area contributed by atoms with Gasteiger partial charge in [-0.15, -0.1) is 0 Å². The van der Waals surface area contributed by atoms with Gasteiger partial charge in [0.05, 0.1) is 38.9 Å². The monoisotopic (exact) mass is 508 g/mol. The minimum absolute atomic E-state index is 0.0343. The molecule has 2 aromatic rings. The number of nitrogens with two attached hydrogens (primary N) is 1. The van der Waals surface area contributed by atoms with Gasteiger partial charge in [-0.1, -0.05) is 11.6 Å². The fraction of sp³-hybridized carbons (Fsp3) is 0.269. The number of benzene rings is 2. The lowest BCUT2D eigenvalue weighted by molar-refractivity contribution is -0.116. The molecule has 1 amide bonds. The maximum atomic E-state index is 13.3. The van der Waals surface area contributed by atoms with Crippen LogP contribution in [0.4, 0.5) is 0 Å². The van der Waals surface area contributed by atoms with Gasteiger partial charge in [-0.25, -0.2) is 5.01 Å². The number of Topliss-reactive ketones (excluding diaryl/α,β-unsaturated/α-hetero) is 1. The molecule has 1 aliphatic carbocycles. The summed E-state index contributed by atoms with van der Waals surface area (Å²) in [6.45, 7) is 0. The average Bonchev–Trinajstić information content (AvgIpc) is 2.89. The van der Waals surface area contributed by atoms with Crippen molar-refractivity contribution in [3.8, 4) is 23.3 Å². The molecule has 1 heterocycles. The Balaban J connectivity index is 1.86. The molecule has 4 rings (SSSR count). The van der Waals surface area contributed by atoms with Crippen molar-refractivity contribution >= 4 is 23.3 Å². The second-order valence-electron chi connectivity index (χ2n) is 8.22. The minimum atomic E-state index is -0.768. The molecule has 2 aliphatic rings. The first-order valence-corrected chi connectivity index (χ1v) is 11.5. The molecule has 2 aromatic carbocycles. The Labute approximate surface area is 213 Å². The third-order valence-electron chi connectivity index (χ3n) is 6.25. The van der Waals surface area contributed by atoms with Crippen LogP contribution in [0.2, 0.25) is 5.02 Å². The Morgan fingerprint density at radius 1 is 1.11 bits per heavy atom. The molecule has 36 heavy (non-hydrogen) atoms. The number of halogens is 1. The first kappa shape index (κ1) is 24.9. The topological polar surface area (TPSA) is 127 Å². The molecule has 3 N–H and O–H groups in total. The van der Waals surface area contributed by atoms with Gasteiger partial charge in [0, 0.05) is 28.3 Å². The molecule has 10 heteroatoms. The minimum Gasteiger partial charge on any atom is -0.493 e. The van der Waals surface area contributed by atoms with Gasteiger partial charge < -0.3 is 19.9 Å². The molecule has 0 fully saturated rings. The molecule has 1 unspecified atom stereocenters.